The molecule has 3 heteroatoms. The molecule has 14 heavy (non-hydrogen) atoms. The predicted molar refractivity (Wildman–Crippen MR) is 54.5 cm³/mol. The smallest absolute Gasteiger partial charge is 0.127 e. The molecule has 0 saturated carbocycles. The SMILES string of the molecule is CC(N[C@@H](C)CO)c1ccccc1F. The van der Waals surface area contributed by atoms with Crippen LogP contribution in [0.5, 0.6) is 0 Å². The highest BCUT2D eigenvalue weighted by atomic mass is 19.1. The standard InChI is InChI=1S/C11H16FNO/c1-8(7-14)13-9(2)10-5-3-4-6-11(10)12/h3-6,8-9,13-14H,7H2,1-2H3/t8-,9?/m0/s1. The van der Waals surface area contributed by atoms with Crippen LogP contribution in [0.25, 0.3) is 0 Å². The summed E-state index contributed by atoms with van der Waals surface area (Å²) in [7, 11) is 0. The van der Waals surface area contributed by atoms with E-state index in [-0.39, 0.29) is 24.5 Å². The van der Waals surface area contributed by atoms with E-state index in [9.17, 15) is 4.39 Å². The molecule has 0 heterocycles. The largest absolute Gasteiger partial charge is 0.395 e. The first-order chi connectivity index (χ1) is 6.65. The van der Waals surface area contributed by atoms with E-state index in [0.29, 0.717) is 5.56 Å². The van der Waals surface area contributed by atoms with Gasteiger partial charge in [-0.15, -0.1) is 0 Å². The minimum absolute atomic E-state index is 0.0235. The maximum Gasteiger partial charge on any atom is 0.127 e. The molecule has 2 atom stereocenters. The highest BCUT2D eigenvalue weighted by Gasteiger charge is 2.11. The molecule has 0 fully saturated rings. The normalized spacial score (nSPS) is 15.1. The molecule has 1 unspecified atom stereocenters. The summed E-state index contributed by atoms with van der Waals surface area (Å²) < 4.78 is 13.3. The van der Waals surface area contributed by atoms with E-state index in [1.54, 1.807) is 18.2 Å². The van der Waals surface area contributed by atoms with Crippen molar-refractivity contribution in [3.63, 3.8) is 0 Å². The molecular formula is C11H16FNO. The van der Waals surface area contributed by atoms with Gasteiger partial charge < -0.3 is 10.4 Å². The summed E-state index contributed by atoms with van der Waals surface area (Å²) in [6.45, 7) is 3.79. The van der Waals surface area contributed by atoms with Crippen molar-refractivity contribution in [3.05, 3.63) is 35.6 Å². The van der Waals surface area contributed by atoms with Crippen molar-refractivity contribution in [3.8, 4) is 0 Å². The molecule has 0 aliphatic carbocycles. The van der Waals surface area contributed by atoms with Crippen LogP contribution in [0.15, 0.2) is 24.3 Å². The summed E-state index contributed by atoms with van der Waals surface area (Å²) in [4.78, 5) is 0. The van der Waals surface area contributed by atoms with Crippen LogP contribution in [0.2, 0.25) is 0 Å². The molecule has 1 aromatic rings. The molecule has 0 aromatic heterocycles. The lowest BCUT2D eigenvalue weighted by atomic mass is 10.1. The van der Waals surface area contributed by atoms with Crippen molar-refractivity contribution >= 4 is 0 Å². The molecule has 0 aliphatic rings. The Morgan fingerprint density at radius 3 is 2.57 bits per heavy atom. The van der Waals surface area contributed by atoms with Crippen LogP contribution in [0.3, 0.4) is 0 Å². The van der Waals surface area contributed by atoms with Gasteiger partial charge in [-0.1, -0.05) is 18.2 Å². The third-order valence-electron chi connectivity index (χ3n) is 2.18. The fraction of sp³-hybridized carbons (Fsp3) is 0.455. The Morgan fingerprint density at radius 2 is 2.00 bits per heavy atom. The van der Waals surface area contributed by atoms with Crippen molar-refractivity contribution in [1.82, 2.24) is 5.32 Å². The summed E-state index contributed by atoms with van der Waals surface area (Å²) in [5.74, 6) is -0.211. The molecule has 2 nitrogen and oxygen atoms in total. The maximum atomic E-state index is 13.3. The van der Waals surface area contributed by atoms with Gasteiger partial charge in [-0.25, -0.2) is 4.39 Å². The Kier molecular flexibility index (Phi) is 4.04. The van der Waals surface area contributed by atoms with Crippen molar-refractivity contribution in [2.24, 2.45) is 0 Å². The summed E-state index contributed by atoms with van der Waals surface area (Å²) in [6.07, 6.45) is 0. The highest BCUT2D eigenvalue weighted by Crippen LogP contribution is 2.16. The van der Waals surface area contributed by atoms with Crippen molar-refractivity contribution in [1.29, 1.82) is 0 Å². The van der Waals surface area contributed by atoms with E-state index in [1.165, 1.54) is 6.07 Å². The van der Waals surface area contributed by atoms with Gasteiger partial charge in [-0.3, -0.25) is 0 Å². The minimum Gasteiger partial charge on any atom is -0.395 e. The second-order valence-electron chi connectivity index (χ2n) is 3.49. The zero-order chi connectivity index (χ0) is 10.6. The molecule has 1 rings (SSSR count). The van der Waals surface area contributed by atoms with Gasteiger partial charge in [0, 0.05) is 17.6 Å². The average molecular weight is 197 g/mol. The Hall–Kier alpha value is -0.930. The fourth-order valence-corrected chi connectivity index (χ4v) is 1.40. The van der Waals surface area contributed by atoms with Crippen LogP contribution < -0.4 is 5.32 Å². The molecule has 1 aromatic carbocycles. The molecule has 0 radical (unpaired) electrons. The summed E-state index contributed by atoms with van der Waals surface area (Å²) in [5, 5.41) is 11.9. The first-order valence-electron chi connectivity index (χ1n) is 4.76. The maximum absolute atomic E-state index is 13.3. The number of hydrogen-bond acceptors (Lipinski definition) is 2. The number of hydrogen-bond donors (Lipinski definition) is 2. The number of benzene rings is 1. The first kappa shape index (κ1) is 11.1. The Balaban J connectivity index is 2.69. The lowest BCUT2D eigenvalue weighted by molar-refractivity contribution is 0.242. The number of aliphatic hydroxyl groups excluding tert-OH is 1. The molecule has 2 N–H and O–H groups in total. The number of nitrogens with one attached hydrogen (secondary N) is 1. The zero-order valence-corrected chi connectivity index (χ0v) is 8.50. The van der Waals surface area contributed by atoms with E-state index in [4.69, 9.17) is 5.11 Å². The van der Waals surface area contributed by atoms with Crippen molar-refractivity contribution < 1.29 is 9.50 Å². The quantitative estimate of drug-likeness (QED) is 0.772. The van der Waals surface area contributed by atoms with E-state index in [1.807, 2.05) is 13.8 Å². The zero-order valence-electron chi connectivity index (χ0n) is 8.50. The predicted octanol–water partition coefficient (Wildman–Crippen LogP) is 1.86. The summed E-state index contributed by atoms with van der Waals surface area (Å²) in [5.41, 5.74) is 0.632. The van der Waals surface area contributed by atoms with Crippen molar-refractivity contribution in [2.75, 3.05) is 6.61 Å². The van der Waals surface area contributed by atoms with Crippen LogP contribution in [0.4, 0.5) is 4.39 Å². The topological polar surface area (TPSA) is 32.3 Å². The molecule has 0 saturated heterocycles. The summed E-state index contributed by atoms with van der Waals surface area (Å²) >= 11 is 0. The third kappa shape index (κ3) is 2.79. The van der Waals surface area contributed by atoms with E-state index in [2.05, 4.69) is 5.32 Å². The van der Waals surface area contributed by atoms with Gasteiger partial charge in [-0.05, 0) is 19.9 Å². The Bertz CT molecular complexity index is 290. The van der Waals surface area contributed by atoms with Crippen LogP contribution in [0.1, 0.15) is 25.5 Å². The molecular weight excluding hydrogens is 181 g/mol. The van der Waals surface area contributed by atoms with Gasteiger partial charge in [0.25, 0.3) is 0 Å². The number of rotatable bonds is 4. The highest BCUT2D eigenvalue weighted by molar-refractivity contribution is 5.20. The van der Waals surface area contributed by atoms with Gasteiger partial charge in [0.1, 0.15) is 5.82 Å². The fourth-order valence-electron chi connectivity index (χ4n) is 1.40. The lowest BCUT2D eigenvalue weighted by Gasteiger charge is -2.18. The number of aliphatic hydroxyl groups is 1. The summed E-state index contributed by atoms with van der Waals surface area (Å²) in [6, 6.07) is 6.55. The molecule has 0 spiro atoms. The van der Waals surface area contributed by atoms with Crippen molar-refractivity contribution in [2.45, 2.75) is 25.9 Å². The van der Waals surface area contributed by atoms with E-state index < -0.39 is 0 Å². The van der Waals surface area contributed by atoms with E-state index in [0.717, 1.165) is 0 Å². The van der Waals surface area contributed by atoms with Gasteiger partial charge in [-0.2, -0.15) is 0 Å². The third-order valence-corrected chi connectivity index (χ3v) is 2.18. The molecule has 0 amide bonds. The second kappa shape index (κ2) is 5.08. The lowest BCUT2D eigenvalue weighted by Crippen LogP contribution is -2.32. The van der Waals surface area contributed by atoms with Crippen LogP contribution in [-0.4, -0.2) is 17.8 Å². The van der Waals surface area contributed by atoms with Gasteiger partial charge in [0.05, 0.1) is 6.61 Å². The molecule has 0 bridgehead atoms. The second-order valence-corrected chi connectivity index (χ2v) is 3.49. The van der Waals surface area contributed by atoms with Crippen LogP contribution >= 0.6 is 0 Å². The van der Waals surface area contributed by atoms with Crippen LogP contribution in [-0.2, 0) is 0 Å². The van der Waals surface area contributed by atoms with E-state index >= 15 is 0 Å². The van der Waals surface area contributed by atoms with Crippen LogP contribution in [0, 0.1) is 5.82 Å². The van der Waals surface area contributed by atoms with Gasteiger partial charge in [0.15, 0.2) is 0 Å². The van der Waals surface area contributed by atoms with Gasteiger partial charge >= 0.3 is 0 Å². The number of halogens is 1. The Labute approximate surface area is 83.8 Å². The minimum atomic E-state index is -0.211. The Morgan fingerprint density at radius 1 is 1.36 bits per heavy atom. The monoisotopic (exact) mass is 197 g/mol. The molecule has 0 aliphatic heterocycles. The average Bonchev–Trinajstić information content (AvgIpc) is 2.18. The first-order valence-corrected chi connectivity index (χ1v) is 4.76. The molecule has 78 valence electrons. The van der Waals surface area contributed by atoms with Gasteiger partial charge in [0.2, 0.25) is 0 Å².